The van der Waals surface area contributed by atoms with Gasteiger partial charge in [0.1, 0.15) is 5.82 Å². The second kappa shape index (κ2) is 6.38. The van der Waals surface area contributed by atoms with Gasteiger partial charge in [0.25, 0.3) is 0 Å². The van der Waals surface area contributed by atoms with E-state index >= 15 is 0 Å². The van der Waals surface area contributed by atoms with Crippen molar-refractivity contribution in [3.05, 3.63) is 59.9 Å². The summed E-state index contributed by atoms with van der Waals surface area (Å²) in [4.78, 5) is 0.00175. The van der Waals surface area contributed by atoms with Gasteiger partial charge in [-0.15, -0.1) is 0 Å². The Morgan fingerprint density at radius 2 is 1.35 bits per heavy atom. The normalized spacial score (nSPS) is 13.7. The van der Waals surface area contributed by atoms with Crippen molar-refractivity contribution in [1.29, 1.82) is 0 Å². The standard InChI is InChI=1S/C15H16FNO4S2/c1-11(12-3-5-13(16)6-4-12)17-23(20,21)15-9-7-14(8-10-15)22(2,18)19/h3-11,17H,1-2H3. The second-order valence-electron chi connectivity index (χ2n) is 5.14. The van der Waals surface area contributed by atoms with Gasteiger partial charge < -0.3 is 0 Å². The summed E-state index contributed by atoms with van der Waals surface area (Å²) in [5, 5.41) is 0. The molecule has 0 spiro atoms. The maximum absolute atomic E-state index is 12.9. The molecule has 0 bridgehead atoms. The summed E-state index contributed by atoms with van der Waals surface area (Å²) in [7, 11) is -7.20. The molecule has 1 N–H and O–H groups in total. The van der Waals surface area contributed by atoms with Crippen LogP contribution in [0, 0.1) is 5.82 Å². The number of halogens is 1. The highest BCUT2D eigenvalue weighted by Crippen LogP contribution is 2.19. The van der Waals surface area contributed by atoms with Crippen LogP contribution in [0.25, 0.3) is 0 Å². The number of benzene rings is 2. The summed E-state index contributed by atoms with van der Waals surface area (Å²) in [6.45, 7) is 1.63. The predicted octanol–water partition coefficient (Wildman–Crippen LogP) is 2.27. The highest BCUT2D eigenvalue weighted by molar-refractivity contribution is 7.90. The van der Waals surface area contributed by atoms with E-state index in [1.807, 2.05) is 0 Å². The fourth-order valence-electron chi connectivity index (χ4n) is 1.99. The molecule has 0 saturated carbocycles. The lowest BCUT2D eigenvalue weighted by Gasteiger charge is -2.15. The van der Waals surface area contributed by atoms with E-state index in [1.54, 1.807) is 6.92 Å². The van der Waals surface area contributed by atoms with Crippen molar-refractivity contribution in [2.45, 2.75) is 22.8 Å². The van der Waals surface area contributed by atoms with Crippen molar-refractivity contribution in [3.63, 3.8) is 0 Å². The van der Waals surface area contributed by atoms with Crippen LogP contribution in [0.2, 0.25) is 0 Å². The summed E-state index contributed by atoms with van der Waals surface area (Å²) in [5.74, 6) is -0.403. The third-order valence-corrected chi connectivity index (χ3v) is 5.95. The SMILES string of the molecule is CC(NS(=O)(=O)c1ccc(S(C)(=O)=O)cc1)c1ccc(F)cc1. The van der Waals surface area contributed by atoms with Gasteiger partial charge in [-0.3, -0.25) is 0 Å². The molecule has 2 aromatic carbocycles. The molecule has 1 unspecified atom stereocenters. The number of sulfonamides is 1. The molecule has 23 heavy (non-hydrogen) atoms. The first-order chi connectivity index (χ1) is 10.6. The van der Waals surface area contributed by atoms with Gasteiger partial charge in [0, 0.05) is 12.3 Å². The maximum atomic E-state index is 12.9. The van der Waals surface area contributed by atoms with Gasteiger partial charge in [0.2, 0.25) is 10.0 Å². The zero-order valence-electron chi connectivity index (χ0n) is 12.5. The summed E-state index contributed by atoms with van der Waals surface area (Å²) in [6, 6.07) is 9.88. The molecule has 0 aliphatic carbocycles. The van der Waals surface area contributed by atoms with Gasteiger partial charge >= 0.3 is 0 Å². The van der Waals surface area contributed by atoms with Crippen LogP contribution in [0.15, 0.2) is 58.3 Å². The largest absolute Gasteiger partial charge is 0.241 e. The first kappa shape index (κ1) is 17.6. The number of nitrogens with one attached hydrogen (secondary N) is 1. The Morgan fingerprint density at radius 3 is 1.83 bits per heavy atom. The molecular formula is C15H16FNO4S2. The Labute approximate surface area is 135 Å². The molecule has 0 aliphatic rings. The Balaban J connectivity index is 2.23. The molecule has 0 radical (unpaired) electrons. The highest BCUT2D eigenvalue weighted by atomic mass is 32.2. The molecule has 0 fully saturated rings. The van der Waals surface area contributed by atoms with E-state index < -0.39 is 31.7 Å². The molecule has 0 aliphatic heterocycles. The van der Waals surface area contributed by atoms with Crippen LogP contribution in [0.4, 0.5) is 4.39 Å². The van der Waals surface area contributed by atoms with Crippen molar-refractivity contribution in [2.24, 2.45) is 0 Å². The Hall–Kier alpha value is -1.77. The van der Waals surface area contributed by atoms with Crippen LogP contribution >= 0.6 is 0 Å². The fourth-order valence-corrected chi connectivity index (χ4v) is 3.85. The molecule has 8 heteroatoms. The molecule has 124 valence electrons. The highest BCUT2D eigenvalue weighted by Gasteiger charge is 2.19. The quantitative estimate of drug-likeness (QED) is 0.890. The number of hydrogen-bond donors (Lipinski definition) is 1. The van der Waals surface area contributed by atoms with Crippen molar-refractivity contribution in [3.8, 4) is 0 Å². The summed E-state index contributed by atoms with van der Waals surface area (Å²) < 4.78 is 62.8. The van der Waals surface area contributed by atoms with Gasteiger partial charge in [0.05, 0.1) is 9.79 Å². The van der Waals surface area contributed by atoms with Crippen molar-refractivity contribution in [1.82, 2.24) is 4.72 Å². The zero-order chi connectivity index (χ0) is 17.3. The van der Waals surface area contributed by atoms with E-state index in [1.165, 1.54) is 48.5 Å². The topological polar surface area (TPSA) is 80.3 Å². The van der Waals surface area contributed by atoms with Gasteiger partial charge in [-0.25, -0.2) is 25.9 Å². The Kier molecular flexibility index (Phi) is 4.88. The average molecular weight is 357 g/mol. The van der Waals surface area contributed by atoms with Gasteiger partial charge in [-0.2, -0.15) is 0 Å². The zero-order valence-corrected chi connectivity index (χ0v) is 14.2. The van der Waals surface area contributed by atoms with E-state index in [0.717, 1.165) is 6.26 Å². The van der Waals surface area contributed by atoms with Crippen LogP contribution < -0.4 is 4.72 Å². The van der Waals surface area contributed by atoms with Crippen molar-refractivity contribution >= 4 is 19.9 Å². The van der Waals surface area contributed by atoms with Crippen LogP contribution in [0.5, 0.6) is 0 Å². The third-order valence-electron chi connectivity index (χ3n) is 3.26. The average Bonchev–Trinajstić information content (AvgIpc) is 2.46. The Bertz CT molecular complexity index is 889. The molecule has 0 amide bonds. The molecule has 1 atom stereocenters. The van der Waals surface area contributed by atoms with E-state index in [2.05, 4.69) is 4.72 Å². The molecule has 0 saturated heterocycles. The minimum Gasteiger partial charge on any atom is -0.224 e. The third kappa shape index (κ3) is 4.37. The van der Waals surface area contributed by atoms with Gasteiger partial charge in [0.15, 0.2) is 9.84 Å². The lowest BCUT2D eigenvalue weighted by molar-refractivity contribution is 0.566. The molecule has 0 heterocycles. The smallest absolute Gasteiger partial charge is 0.224 e. The summed E-state index contributed by atoms with van der Waals surface area (Å²) in [6.07, 6.45) is 1.05. The fraction of sp³-hybridized carbons (Fsp3) is 0.200. The number of hydrogen-bond acceptors (Lipinski definition) is 4. The van der Waals surface area contributed by atoms with E-state index in [-0.39, 0.29) is 9.79 Å². The summed E-state index contributed by atoms with van der Waals surface area (Å²) in [5.41, 5.74) is 0.614. The molecular weight excluding hydrogens is 341 g/mol. The van der Waals surface area contributed by atoms with E-state index in [9.17, 15) is 21.2 Å². The van der Waals surface area contributed by atoms with E-state index in [4.69, 9.17) is 0 Å². The first-order valence-corrected chi connectivity index (χ1v) is 10.0. The van der Waals surface area contributed by atoms with Gasteiger partial charge in [-0.1, -0.05) is 12.1 Å². The van der Waals surface area contributed by atoms with Crippen LogP contribution in [0.3, 0.4) is 0 Å². The van der Waals surface area contributed by atoms with Crippen LogP contribution in [-0.2, 0) is 19.9 Å². The van der Waals surface area contributed by atoms with Crippen LogP contribution in [-0.4, -0.2) is 23.1 Å². The minimum atomic E-state index is -3.82. The lowest BCUT2D eigenvalue weighted by Crippen LogP contribution is -2.26. The van der Waals surface area contributed by atoms with Crippen LogP contribution in [0.1, 0.15) is 18.5 Å². The predicted molar refractivity (Wildman–Crippen MR) is 84.7 cm³/mol. The summed E-state index contributed by atoms with van der Waals surface area (Å²) >= 11 is 0. The Morgan fingerprint density at radius 1 is 0.870 bits per heavy atom. The van der Waals surface area contributed by atoms with E-state index in [0.29, 0.717) is 5.56 Å². The lowest BCUT2D eigenvalue weighted by atomic mass is 10.1. The monoisotopic (exact) mass is 357 g/mol. The molecule has 0 aromatic heterocycles. The minimum absolute atomic E-state index is 0.0427. The molecule has 2 rings (SSSR count). The van der Waals surface area contributed by atoms with Crippen molar-refractivity contribution in [2.75, 3.05) is 6.26 Å². The maximum Gasteiger partial charge on any atom is 0.241 e. The van der Waals surface area contributed by atoms with Crippen molar-refractivity contribution < 1.29 is 21.2 Å². The molecule has 2 aromatic rings. The number of rotatable bonds is 5. The number of sulfone groups is 1. The second-order valence-corrected chi connectivity index (χ2v) is 8.87. The molecule has 5 nitrogen and oxygen atoms in total. The first-order valence-electron chi connectivity index (χ1n) is 6.67. The van der Waals surface area contributed by atoms with Gasteiger partial charge in [-0.05, 0) is 48.9 Å².